The molecule has 1 unspecified atom stereocenters. The van der Waals surface area contributed by atoms with E-state index in [1.54, 1.807) is 6.26 Å². The Balaban J connectivity index is 2.29. The zero-order chi connectivity index (χ0) is 13.9. The van der Waals surface area contributed by atoms with Crippen molar-refractivity contribution in [1.82, 2.24) is 5.32 Å². The van der Waals surface area contributed by atoms with Gasteiger partial charge in [0.1, 0.15) is 0 Å². The smallest absolute Gasteiger partial charge is 0.0595 e. The van der Waals surface area contributed by atoms with Crippen LogP contribution in [0.1, 0.15) is 24.8 Å². The molecule has 0 aliphatic carbocycles. The van der Waals surface area contributed by atoms with Crippen molar-refractivity contribution in [3.63, 3.8) is 0 Å². The average Bonchev–Trinajstić information content (AvgIpc) is 2.40. The van der Waals surface area contributed by atoms with Crippen molar-refractivity contribution < 1.29 is 4.21 Å². The number of nitrogens with one attached hydrogen (secondary N) is 1. The minimum Gasteiger partial charge on any atom is -0.316 e. The summed E-state index contributed by atoms with van der Waals surface area (Å²) in [6.45, 7) is 1.97. The number of rotatable bonds is 4. The summed E-state index contributed by atoms with van der Waals surface area (Å²) in [7, 11) is -0.763. The normalized spacial score (nSPS) is 25.2. The van der Waals surface area contributed by atoms with E-state index in [0.29, 0.717) is 10.0 Å². The number of hydrogen-bond acceptors (Lipinski definition) is 2. The highest BCUT2D eigenvalue weighted by Crippen LogP contribution is 2.37. The highest BCUT2D eigenvalue weighted by Gasteiger charge is 2.34. The second-order valence-corrected chi connectivity index (χ2v) is 7.59. The molecule has 2 rings (SSSR count). The van der Waals surface area contributed by atoms with E-state index in [2.05, 4.69) is 11.4 Å². The fourth-order valence-corrected chi connectivity index (χ4v) is 3.71. The van der Waals surface area contributed by atoms with Crippen LogP contribution in [0.4, 0.5) is 0 Å². The van der Waals surface area contributed by atoms with Crippen molar-refractivity contribution in [3.8, 4) is 0 Å². The Morgan fingerprint density at radius 1 is 1.37 bits per heavy atom. The number of hydrogen-bond donors (Lipinski definition) is 1. The molecule has 1 aliphatic heterocycles. The molecule has 1 fully saturated rings. The van der Waals surface area contributed by atoms with Gasteiger partial charge in [-0.2, -0.15) is 0 Å². The van der Waals surface area contributed by atoms with Gasteiger partial charge in [0, 0.05) is 34.8 Å². The molecular formula is C14H19Cl2NOS. The van der Waals surface area contributed by atoms with Crippen LogP contribution in [-0.2, 0) is 16.2 Å². The largest absolute Gasteiger partial charge is 0.316 e. The Hall–Kier alpha value is -0.0900. The van der Waals surface area contributed by atoms with Crippen LogP contribution in [0.5, 0.6) is 0 Å². The second-order valence-electron chi connectivity index (χ2n) is 5.22. The minimum atomic E-state index is -0.763. The average molecular weight is 320 g/mol. The summed E-state index contributed by atoms with van der Waals surface area (Å²) < 4.78 is 11.4. The molecule has 19 heavy (non-hydrogen) atoms. The Bertz CT molecular complexity index is 473. The van der Waals surface area contributed by atoms with Crippen LogP contribution in [0.2, 0.25) is 10.0 Å². The lowest BCUT2D eigenvalue weighted by Crippen LogP contribution is -2.44. The van der Waals surface area contributed by atoms with Crippen LogP contribution in [0.25, 0.3) is 0 Å². The fourth-order valence-electron chi connectivity index (χ4n) is 2.74. The Morgan fingerprint density at radius 2 is 2.16 bits per heavy atom. The molecular weight excluding hydrogens is 301 g/mol. The van der Waals surface area contributed by atoms with Gasteiger partial charge in [-0.3, -0.25) is 4.21 Å². The molecule has 2 atom stereocenters. The predicted molar refractivity (Wildman–Crippen MR) is 83.8 cm³/mol. The molecule has 1 N–H and O–H groups in total. The maximum Gasteiger partial charge on any atom is 0.0595 e. The summed E-state index contributed by atoms with van der Waals surface area (Å²) >= 11 is 12.1. The lowest BCUT2D eigenvalue weighted by molar-refractivity contribution is 0.304. The van der Waals surface area contributed by atoms with E-state index in [9.17, 15) is 4.21 Å². The van der Waals surface area contributed by atoms with Crippen molar-refractivity contribution in [2.75, 3.05) is 25.1 Å². The quantitative estimate of drug-likeness (QED) is 0.921. The van der Waals surface area contributed by atoms with Crippen molar-refractivity contribution in [1.29, 1.82) is 0 Å². The molecule has 0 amide bonds. The van der Waals surface area contributed by atoms with Crippen molar-refractivity contribution in [2.24, 2.45) is 0 Å². The third-order valence-electron chi connectivity index (χ3n) is 3.87. The van der Waals surface area contributed by atoms with Crippen LogP contribution < -0.4 is 5.32 Å². The van der Waals surface area contributed by atoms with E-state index in [0.717, 1.165) is 38.1 Å². The summed E-state index contributed by atoms with van der Waals surface area (Å²) in [4.78, 5) is 0. The highest BCUT2D eigenvalue weighted by atomic mass is 35.5. The maximum absolute atomic E-state index is 11.4. The SMILES string of the molecule is CS(=O)CC[C@]1(c2ccc(Cl)c(Cl)c2)CCCNC1. The van der Waals surface area contributed by atoms with E-state index in [-0.39, 0.29) is 5.41 Å². The lowest BCUT2D eigenvalue weighted by Gasteiger charge is -2.38. The molecule has 0 bridgehead atoms. The van der Waals surface area contributed by atoms with Crippen LogP contribution in [-0.4, -0.2) is 29.3 Å². The Labute approximate surface area is 127 Å². The molecule has 1 aromatic rings. The highest BCUT2D eigenvalue weighted by molar-refractivity contribution is 7.84. The first-order chi connectivity index (χ1) is 9.03. The van der Waals surface area contributed by atoms with Gasteiger partial charge in [-0.15, -0.1) is 0 Å². The Kier molecular flexibility index (Phi) is 5.29. The fraction of sp³-hybridized carbons (Fsp3) is 0.571. The van der Waals surface area contributed by atoms with Gasteiger partial charge in [0.05, 0.1) is 10.0 Å². The van der Waals surface area contributed by atoms with Crippen LogP contribution in [0, 0.1) is 0 Å². The van der Waals surface area contributed by atoms with Crippen molar-refractivity contribution in [2.45, 2.75) is 24.7 Å². The summed E-state index contributed by atoms with van der Waals surface area (Å²) in [6.07, 6.45) is 4.92. The molecule has 1 saturated heterocycles. The molecule has 5 heteroatoms. The van der Waals surface area contributed by atoms with E-state index in [1.165, 1.54) is 5.56 Å². The van der Waals surface area contributed by atoms with Gasteiger partial charge in [0.25, 0.3) is 0 Å². The number of piperidine rings is 1. The Morgan fingerprint density at radius 3 is 2.74 bits per heavy atom. The summed E-state index contributed by atoms with van der Waals surface area (Å²) in [5.41, 5.74) is 1.25. The van der Waals surface area contributed by atoms with E-state index in [4.69, 9.17) is 23.2 Å². The first-order valence-corrected chi connectivity index (χ1v) is 8.98. The molecule has 1 aliphatic rings. The summed E-state index contributed by atoms with van der Waals surface area (Å²) in [6, 6.07) is 5.88. The third-order valence-corrected chi connectivity index (χ3v) is 5.39. The van der Waals surface area contributed by atoms with Crippen molar-refractivity contribution in [3.05, 3.63) is 33.8 Å². The van der Waals surface area contributed by atoms with Gasteiger partial charge in [-0.25, -0.2) is 0 Å². The van der Waals surface area contributed by atoms with Gasteiger partial charge in [0.15, 0.2) is 0 Å². The van der Waals surface area contributed by atoms with Crippen LogP contribution in [0.3, 0.4) is 0 Å². The minimum absolute atomic E-state index is 0.0398. The number of benzene rings is 1. The first kappa shape index (κ1) is 15.3. The molecule has 1 aromatic carbocycles. The molecule has 106 valence electrons. The zero-order valence-corrected chi connectivity index (χ0v) is 13.4. The molecule has 1 heterocycles. The molecule has 0 radical (unpaired) electrons. The molecule has 0 saturated carbocycles. The topological polar surface area (TPSA) is 29.1 Å². The maximum atomic E-state index is 11.4. The monoisotopic (exact) mass is 319 g/mol. The van der Waals surface area contributed by atoms with E-state index in [1.807, 2.05) is 12.1 Å². The van der Waals surface area contributed by atoms with Gasteiger partial charge in [-0.1, -0.05) is 29.3 Å². The number of halogens is 2. The summed E-state index contributed by atoms with van der Waals surface area (Å²) in [5, 5.41) is 4.64. The first-order valence-electron chi connectivity index (χ1n) is 6.50. The van der Waals surface area contributed by atoms with E-state index < -0.39 is 10.8 Å². The van der Waals surface area contributed by atoms with Crippen molar-refractivity contribution >= 4 is 34.0 Å². The van der Waals surface area contributed by atoms with Gasteiger partial charge in [-0.05, 0) is 43.5 Å². The second kappa shape index (κ2) is 6.57. The van der Waals surface area contributed by atoms with Crippen LogP contribution >= 0.6 is 23.2 Å². The predicted octanol–water partition coefficient (Wildman–Crippen LogP) is 3.38. The summed E-state index contributed by atoms with van der Waals surface area (Å²) in [5.74, 6) is 0.724. The van der Waals surface area contributed by atoms with Gasteiger partial charge >= 0.3 is 0 Å². The van der Waals surface area contributed by atoms with Gasteiger partial charge in [0.2, 0.25) is 0 Å². The van der Waals surface area contributed by atoms with Crippen LogP contribution in [0.15, 0.2) is 18.2 Å². The molecule has 0 aromatic heterocycles. The zero-order valence-electron chi connectivity index (χ0n) is 11.0. The lowest BCUT2D eigenvalue weighted by atomic mass is 9.73. The third kappa shape index (κ3) is 3.72. The molecule has 0 spiro atoms. The molecule has 2 nitrogen and oxygen atoms in total. The standard InChI is InChI=1S/C14H19Cl2NOS/c1-19(18)8-6-14(5-2-7-17-10-14)11-3-4-12(15)13(16)9-11/h3-4,9,17H,2,5-8,10H2,1H3/t14-,19?/m1/s1. The van der Waals surface area contributed by atoms with E-state index >= 15 is 0 Å². The van der Waals surface area contributed by atoms with Gasteiger partial charge < -0.3 is 5.32 Å².